The number of hydrogen-bond acceptors (Lipinski definition) is 1. The van der Waals surface area contributed by atoms with E-state index in [9.17, 15) is 0 Å². The quantitative estimate of drug-likeness (QED) is 0.549. The van der Waals surface area contributed by atoms with Crippen LogP contribution in [0.15, 0.2) is 91.0 Å². The Labute approximate surface area is 143 Å². The lowest BCUT2D eigenvalue weighted by atomic mass is 9.96. The summed E-state index contributed by atoms with van der Waals surface area (Å²) < 4.78 is 0. The van der Waals surface area contributed by atoms with Crippen LogP contribution in [0.4, 0.5) is 11.4 Å². The fourth-order valence-corrected chi connectivity index (χ4v) is 3.01. The van der Waals surface area contributed by atoms with E-state index in [4.69, 9.17) is 0 Å². The molecule has 24 heavy (non-hydrogen) atoms. The zero-order chi connectivity index (χ0) is 16.4. The molecule has 114 valence electrons. The van der Waals surface area contributed by atoms with Crippen molar-refractivity contribution in [3.63, 3.8) is 0 Å². The number of anilines is 2. The highest BCUT2D eigenvalue weighted by molar-refractivity contribution is 6.32. The predicted octanol–water partition coefficient (Wildman–Crippen LogP) is 4.51. The van der Waals surface area contributed by atoms with Crippen molar-refractivity contribution in [3.05, 3.63) is 91.0 Å². The maximum Gasteiger partial charge on any atom is 0.139 e. The monoisotopic (exact) mass is 307 g/mol. The third kappa shape index (κ3) is 2.91. The van der Waals surface area contributed by atoms with Crippen molar-refractivity contribution in [2.24, 2.45) is 0 Å². The lowest BCUT2D eigenvalue weighted by Gasteiger charge is -2.10. The lowest BCUT2D eigenvalue weighted by molar-refractivity contribution is 1.55. The van der Waals surface area contributed by atoms with Crippen LogP contribution in [-0.2, 0) is 0 Å². The van der Waals surface area contributed by atoms with Crippen LogP contribution < -0.4 is 10.8 Å². The molecule has 0 aliphatic heterocycles. The second kappa shape index (κ2) is 6.25. The average molecular weight is 307 g/mol. The minimum Gasteiger partial charge on any atom is -0.356 e. The number of nitrogens with one attached hydrogen (secondary N) is 1. The lowest BCUT2D eigenvalue weighted by Crippen LogP contribution is -2.00. The Morgan fingerprint density at radius 3 is 1.96 bits per heavy atom. The van der Waals surface area contributed by atoms with Gasteiger partial charge in [0.2, 0.25) is 0 Å². The molecule has 0 aliphatic carbocycles. The van der Waals surface area contributed by atoms with Crippen molar-refractivity contribution in [1.29, 1.82) is 0 Å². The zero-order valence-electron chi connectivity index (χ0n) is 13.7. The number of hydrogen-bond donors (Lipinski definition) is 1. The van der Waals surface area contributed by atoms with Gasteiger partial charge in [0.15, 0.2) is 0 Å². The predicted molar refractivity (Wildman–Crippen MR) is 107 cm³/mol. The molecule has 0 saturated carbocycles. The number of fused-ring (bicyclic) bond motifs is 1. The smallest absolute Gasteiger partial charge is 0.139 e. The molecule has 0 aliphatic rings. The van der Waals surface area contributed by atoms with Gasteiger partial charge in [0.25, 0.3) is 0 Å². The Morgan fingerprint density at radius 2 is 1.21 bits per heavy atom. The maximum absolute atomic E-state index is 3.45. The van der Waals surface area contributed by atoms with Gasteiger partial charge in [0, 0.05) is 11.4 Å². The van der Waals surface area contributed by atoms with Crippen LogP contribution in [-0.4, -0.2) is 7.85 Å². The van der Waals surface area contributed by atoms with E-state index in [-0.39, 0.29) is 0 Å². The first-order chi connectivity index (χ1) is 11.8. The average Bonchev–Trinajstić information content (AvgIpc) is 2.64. The second-order valence-electron chi connectivity index (χ2n) is 6.10. The SMILES string of the molecule is Bc1ccc(Nc2ccc(-c3cccc4ccccc34)cc2)cc1. The van der Waals surface area contributed by atoms with E-state index in [1.807, 2.05) is 0 Å². The van der Waals surface area contributed by atoms with Gasteiger partial charge in [-0.3, -0.25) is 0 Å². The minimum absolute atomic E-state index is 1.10. The van der Waals surface area contributed by atoms with Crippen LogP contribution in [0.1, 0.15) is 0 Å². The van der Waals surface area contributed by atoms with E-state index in [2.05, 4.69) is 104 Å². The van der Waals surface area contributed by atoms with E-state index in [0.29, 0.717) is 0 Å². The minimum atomic E-state index is 1.10. The molecular weight excluding hydrogens is 289 g/mol. The molecular formula is C22H18BN. The van der Waals surface area contributed by atoms with Gasteiger partial charge in [-0.1, -0.05) is 72.2 Å². The highest BCUT2D eigenvalue weighted by Gasteiger charge is 2.03. The molecule has 0 bridgehead atoms. The van der Waals surface area contributed by atoms with Gasteiger partial charge in [-0.2, -0.15) is 0 Å². The van der Waals surface area contributed by atoms with Gasteiger partial charge in [-0.25, -0.2) is 0 Å². The van der Waals surface area contributed by atoms with Crippen LogP contribution >= 0.6 is 0 Å². The summed E-state index contributed by atoms with van der Waals surface area (Å²) in [7, 11) is 2.10. The van der Waals surface area contributed by atoms with Crippen molar-refractivity contribution in [2.75, 3.05) is 5.32 Å². The number of rotatable bonds is 3. The maximum atomic E-state index is 3.45. The normalized spacial score (nSPS) is 10.7. The summed E-state index contributed by atoms with van der Waals surface area (Å²) in [6.07, 6.45) is 0. The van der Waals surface area contributed by atoms with E-state index >= 15 is 0 Å². The molecule has 0 atom stereocenters. The van der Waals surface area contributed by atoms with Gasteiger partial charge < -0.3 is 5.32 Å². The molecule has 0 unspecified atom stereocenters. The van der Waals surface area contributed by atoms with Crippen molar-refractivity contribution >= 4 is 35.5 Å². The van der Waals surface area contributed by atoms with Gasteiger partial charge in [-0.05, 0) is 46.2 Å². The van der Waals surface area contributed by atoms with E-state index < -0.39 is 0 Å². The first kappa shape index (κ1) is 14.6. The molecule has 0 fully saturated rings. The van der Waals surface area contributed by atoms with Crippen LogP contribution in [0.5, 0.6) is 0 Å². The topological polar surface area (TPSA) is 12.0 Å². The van der Waals surface area contributed by atoms with Crippen molar-refractivity contribution in [2.45, 2.75) is 0 Å². The molecule has 0 heterocycles. The summed E-state index contributed by atoms with van der Waals surface area (Å²) in [4.78, 5) is 0. The molecule has 0 amide bonds. The Bertz CT molecular complexity index is 967. The van der Waals surface area contributed by atoms with Crippen LogP contribution in [0.25, 0.3) is 21.9 Å². The molecule has 0 aromatic heterocycles. The fraction of sp³-hybridized carbons (Fsp3) is 0. The summed E-state index contributed by atoms with van der Waals surface area (Å²) in [5, 5.41) is 6.01. The highest BCUT2D eigenvalue weighted by atomic mass is 14.9. The molecule has 0 saturated heterocycles. The van der Waals surface area contributed by atoms with Gasteiger partial charge in [-0.15, -0.1) is 0 Å². The summed E-state index contributed by atoms with van der Waals surface area (Å²) in [6.45, 7) is 0. The van der Waals surface area contributed by atoms with Crippen LogP contribution in [0.2, 0.25) is 0 Å². The Morgan fingerprint density at radius 1 is 0.583 bits per heavy atom. The molecule has 0 radical (unpaired) electrons. The molecule has 2 heteroatoms. The van der Waals surface area contributed by atoms with Crippen molar-refractivity contribution in [1.82, 2.24) is 0 Å². The number of benzene rings is 4. The van der Waals surface area contributed by atoms with E-state index in [0.717, 1.165) is 11.4 Å². The van der Waals surface area contributed by atoms with E-state index in [1.54, 1.807) is 0 Å². The molecule has 4 rings (SSSR count). The van der Waals surface area contributed by atoms with Gasteiger partial charge >= 0.3 is 0 Å². The standard InChI is InChI=1S/C22H18BN/c23-18-10-14-20(15-11-18)24-19-12-8-17(9-13-19)22-7-3-5-16-4-1-2-6-21(16)22/h1-15,24H,23H2. The Balaban J connectivity index is 1.64. The van der Waals surface area contributed by atoms with E-state index in [1.165, 1.54) is 27.4 Å². The summed E-state index contributed by atoms with van der Waals surface area (Å²) in [6, 6.07) is 32.1. The summed E-state index contributed by atoms with van der Waals surface area (Å²) in [5.41, 5.74) is 5.99. The molecule has 1 N–H and O–H groups in total. The molecule has 1 nitrogen and oxygen atoms in total. The fourth-order valence-electron chi connectivity index (χ4n) is 3.01. The molecule has 4 aromatic rings. The van der Waals surface area contributed by atoms with Crippen LogP contribution in [0.3, 0.4) is 0 Å². The molecule has 4 aromatic carbocycles. The first-order valence-electron chi connectivity index (χ1n) is 8.21. The zero-order valence-corrected chi connectivity index (χ0v) is 13.7. The third-order valence-corrected chi connectivity index (χ3v) is 4.33. The second-order valence-corrected chi connectivity index (χ2v) is 6.10. The Kier molecular flexibility index (Phi) is 3.80. The van der Waals surface area contributed by atoms with Crippen LogP contribution in [0, 0.1) is 0 Å². The Hall–Kier alpha value is -3.00. The van der Waals surface area contributed by atoms with Gasteiger partial charge in [0.05, 0.1) is 0 Å². The largest absolute Gasteiger partial charge is 0.356 e. The summed E-state index contributed by atoms with van der Waals surface area (Å²) in [5.74, 6) is 0. The first-order valence-corrected chi connectivity index (χ1v) is 8.21. The third-order valence-electron chi connectivity index (χ3n) is 4.33. The van der Waals surface area contributed by atoms with Crippen molar-refractivity contribution < 1.29 is 0 Å². The van der Waals surface area contributed by atoms with Crippen molar-refractivity contribution in [3.8, 4) is 11.1 Å². The van der Waals surface area contributed by atoms with Gasteiger partial charge in [0.1, 0.15) is 7.85 Å². The molecule has 0 spiro atoms. The summed E-state index contributed by atoms with van der Waals surface area (Å²) >= 11 is 0. The highest BCUT2D eigenvalue weighted by Crippen LogP contribution is 2.29.